The number of ether oxygens (including phenoxy) is 2. The van der Waals surface area contributed by atoms with Crippen LogP contribution in [0.15, 0.2) is 55.2 Å². The van der Waals surface area contributed by atoms with E-state index in [-0.39, 0.29) is 6.04 Å². The van der Waals surface area contributed by atoms with Gasteiger partial charge >= 0.3 is 0 Å². The molecule has 0 amide bonds. The lowest BCUT2D eigenvalue weighted by Gasteiger charge is -2.37. The van der Waals surface area contributed by atoms with Gasteiger partial charge in [0.25, 0.3) is 0 Å². The first-order valence-corrected chi connectivity index (χ1v) is 12.5. The first-order chi connectivity index (χ1) is 18.3. The van der Waals surface area contributed by atoms with E-state index in [2.05, 4.69) is 30.6 Å². The van der Waals surface area contributed by atoms with Crippen molar-refractivity contribution in [2.24, 2.45) is 0 Å². The number of methoxy groups -OCH3 is 1. The van der Waals surface area contributed by atoms with Crippen LogP contribution in [0.1, 0.15) is 6.42 Å². The molecule has 0 unspecified atom stereocenters. The zero-order chi connectivity index (χ0) is 25.0. The summed E-state index contributed by atoms with van der Waals surface area (Å²) < 4.78 is 11.2. The maximum atomic E-state index is 5.61. The molecule has 6 rings (SSSR count). The Bertz CT molecular complexity index is 1360. The Morgan fingerprint density at radius 3 is 2.81 bits per heavy atom. The highest BCUT2D eigenvalue weighted by molar-refractivity contribution is 5.95. The number of rotatable bonds is 7. The molecule has 1 atom stereocenters. The maximum Gasteiger partial charge on any atom is 0.162 e. The highest BCUT2D eigenvalue weighted by Crippen LogP contribution is 2.34. The Morgan fingerprint density at radius 2 is 2.03 bits per heavy atom. The lowest BCUT2D eigenvalue weighted by atomic mass is 10.2. The third kappa shape index (κ3) is 4.88. The van der Waals surface area contributed by atoms with Gasteiger partial charge in [-0.3, -0.25) is 15.0 Å². The number of morpholine rings is 1. The largest absolute Gasteiger partial charge is 0.494 e. The first-order valence-electron chi connectivity index (χ1n) is 12.5. The van der Waals surface area contributed by atoms with Crippen LogP contribution in [0, 0.1) is 0 Å². The van der Waals surface area contributed by atoms with E-state index >= 15 is 0 Å². The molecular formula is C26H29N9O2. The minimum Gasteiger partial charge on any atom is -0.494 e. The molecule has 4 aromatic heterocycles. The van der Waals surface area contributed by atoms with Gasteiger partial charge in [-0.25, -0.2) is 20.0 Å². The average Bonchev–Trinajstić information content (AvgIpc) is 3.47. The summed E-state index contributed by atoms with van der Waals surface area (Å²) >= 11 is 0. The van der Waals surface area contributed by atoms with E-state index in [1.54, 1.807) is 31.9 Å². The lowest BCUT2D eigenvalue weighted by Crippen LogP contribution is -2.47. The SMILES string of the molecule is COc1cncc2nc(-c3ccnc(N(c4cccnc4)N4CCOCC4)c3)nc(N[C@@H]3CCNC3)c12. The second-order valence-electron chi connectivity index (χ2n) is 8.96. The molecule has 2 N–H and O–H groups in total. The number of pyridine rings is 3. The molecule has 0 radical (unpaired) electrons. The second kappa shape index (κ2) is 10.6. The number of hydrazine groups is 1. The number of nitrogens with one attached hydrogen (secondary N) is 2. The van der Waals surface area contributed by atoms with Crippen molar-refractivity contribution >= 4 is 28.2 Å². The van der Waals surface area contributed by atoms with E-state index in [4.69, 9.17) is 24.4 Å². The Balaban J connectivity index is 1.43. The third-order valence-electron chi connectivity index (χ3n) is 6.57. The molecule has 11 heteroatoms. The monoisotopic (exact) mass is 499 g/mol. The normalized spacial score (nSPS) is 18.1. The van der Waals surface area contributed by atoms with Crippen LogP contribution < -0.4 is 20.4 Å². The van der Waals surface area contributed by atoms with E-state index in [1.165, 1.54) is 0 Å². The van der Waals surface area contributed by atoms with Gasteiger partial charge in [0.1, 0.15) is 17.4 Å². The molecule has 0 aromatic carbocycles. The zero-order valence-electron chi connectivity index (χ0n) is 20.7. The fraction of sp³-hybridized carbons (Fsp3) is 0.346. The number of anilines is 3. The smallest absolute Gasteiger partial charge is 0.162 e. The average molecular weight is 500 g/mol. The van der Waals surface area contributed by atoms with Crippen LogP contribution in [-0.2, 0) is 4.74 Å². The van der Waals surface area contributed by atoms with Crippen molar-refractivity contribution < 1.29 is 9.47 Å². The molecule has 11 nitrogen and oxygen atoms in total. The summed E-state index contributed by atoms with van der Waals surface area (Å²) in [6.45, 7) is 4.68. The van der Waals surface area contributed by atoms with Gasteiger partial charge < -0.3 is 20.1 Å². The van der Waals surface area contributed by atoms with Crippen LogP contribution in [-0.4, -0.2) is 82.5 Å². The van der Waals surface area contributed by atoms with Gasteiger partial charge in [0.2, 0.25) is 0 Å². The number of fused-ring (bicyclic) bond motifs is 1. The summed E-state index contributed by atoms with van der Waals surface area (Å²) in [5, 5.41) is 12.1. The van der Waals surface area contributed by atoms with Crippen molar-refractivity contribution in [2.45, 2.75) is 12.5 Å². The number of hydrogen-bond donors (Lipinski definition) is 2. The maximum absolute atomic E-state index is 5.61. The summed E-state index contributed by atoms with van der Waals surface area (Å²) in [4.78, 5) is 23.2. The minimum absolute atomic E-state index is 0.277. The van der Waals surface area contributed by atoms with Crippen molar-refractivity contribution in [3.8, 4) is 17.1 Å². The number of aromatic nitrogens is 5. The highest BCUT2D eigenvalue weighted by Gasteiger charge is 2.24. The molecule has 4 aromatic rings. The van der Waals surface area contributed by atoms with Gasteiger partial charge in [-0.1, -0.05) is 0 Å². The van der Waals surface area contributed by atoms with Crippen LogP contribution in [0.3, 0.4) is 0 Å². The molecule has 2 aliphatic heterocycles. The second-order valence-corrected chi connectivity index (χ2v) is 8.96. The molecular weight excluding hydrogens is 470 g/mol. The van der Waals surface area contributed by atoms with Gasteiger partial charge in [0.05, 0.1) is 55.5 Å². The number of hydrogen-bond acceptors (Lipinski definition) is 11. The summed E-state index contributed by atoms with van der Waals surface area (Å²) in [7, 11) is 1.64. The number of nitrogens with zero attached hydrogens (tertiary/aromatic N) is 7. The van der Waals surface area contributed by atoms with Crippen LogP contribution in [0.2, 0.25) is 0 Å². The van der Waals surface area contributed by atoms with Crippen molar-refractivity contribution in [3.05, 3.63) is 55.2 Å². The van der Waals surface area contributed by atoms with Crippen LogP contribution >= 0.6 is 0 Å². The topological polar surface area (TPSA) is 113 Å². The first kappa shape index (κ1) is 23.5. The standard InChI is InChI=1S/C26H29N9O2/c1-36-22-17-29-16-21-24(22)26(31-19-5-7-28-14-19)33-25(32-21)18-4-8-30-23(13-18)35(20-3-2-6-27-15-20)34-9-11-37-12-10-34/h2-4,6,8,13,15-17,19,28H,5,7,9-12,14H2,1H3,(H,31,32,33)/t19-/m1/s1. The summed E-state index contributed by atoms with van der Waals surface area (Å²) in [6, 6.07) is 8.17. The quantitative estimate of drug-likeness (QED) is 0.391. The predicted molar refractivity (Wildman–Crippen MR) is 141 cm³/mol. The van der Waals surface area contributed by atoms with Gasteiger partial charge in [0.15, 0.2) is 5.82 Å². The molecule has 0 bridgehead atoms. The lowest BCUT2D eigenvalue weighted by molar-refractivity contribution is 0.0375. The molecule has 2 saturated heterocycles. The predicted octanol–water partition coefficient (Wildman–Crippen LogP) is 2.65. The molecule has 0 spiro atoms. The summed E-state index contributed by atoms with van der Waals surface area (Å²) in [5.41, 5.74) is 2.50. The molecule has 2 aliphatic rings. The molecule has 6 heterocycles. The van der Waals surface area contributed by atoms with Crippen molar-refractivity contribution in [2.75, 3.05) is 56.8 Å². The van der Waals surface area contributed by atoms with Gasteiger partial charge in [-0.15, -0.1) is 0 Å². The van der Waals surface area contributed by atoms with Crippen LogP contribution in [0.5, 0.6) is 5.75 Å². The Labute approximate surface area is 214 Å². The molecule has 0 saturated carbocycles. The van der Waals surface area contributed by atoms with Crippen molar-refractivity contribution in [1.82, 2.24) is 35.2 Å². The van der Waals surface area contributed by atoms with Gasteiger partial charge in [0, 0.05) is 43.6 Å². The minimum atomic E-state index is 0.277. The summed E-state index contributed by atoms with van der Waals surface area (Å²) in [6.07, 6.45) is 9.87. The van der Waals surface area contributed by atoms with E-state index in [0.717, 1.165) is 60.9 Å². The van der Waals surface area contributed by atoms with Crippen LogP contribution in [0.25, 0.3) is 22.3 Å². The highest BCUT2D eigenvalue weighted by atomic mass is 16.5. The van der Waals surface area contributed by atoms with Crippen molar-refractivity contribution in [3.63, 3.8) is 0 Å². The Morgan fingerprint density at radius 1 is 1.11 bits per heavy atom. The molecule has 190 valence electrons. The van der Waals surface area contributed by atoms with E-state index in [9.17, 15) is 0 Å². The van der Waals surface area contributed by atoms with E-state index < -0.39 is 0 Å². The van der Waals surface area contributed by atoms with Crippen LogP contribution in [0.4, 0.5) is 17.3 Å². The molecule has 2 fully saturated rings. The van der Waals surface area contributed by atoms with E-state index in [0.29, 0.717) is 30.3 Å². The van der Waals surface area contributed by atoms with Gasteiger partial charge in [-0.2, -0.15) is 0 Å². The van der Waals surface area contributed by atoms with E-state index in [1.807, 2.05) is 30.5 Å². The molecule has 0 aliphatic carbocycles. The Hall–Kier alpha value is -3.93. The Kier molecular flexibility index (Phi) is 6.72. The van der Waals surface area contributed by atoms with Gasteiger partial charge in [-0.05, 0) is 37.2 Å². The molecule has 37 heavy (non-hydrogen) atoms. The third-order valence-corrected chi connectivity index (χ3v) is 6.57. The fourth-order valence-electron chi connectivity index (χ4n) is 4.76. The fourth-order valence-corrected chi connectivity index (χ4v) is 4.76. The zero-order valence-corrected chi connectivity index (χ0v) is 20.7. The van der Waals surface area contributed by atoms with Crippen molar-refractivity contribution in [1.29, 1.82) is 0 Å². The summed E-state index contributed by atoms with van der Waals surface area (Å²) in [5.74, 6) is 2.73.